The Bertz CT molecular complexity index is 522. The number of carbonyl (C=O) groups is 1. The summed E-state index contributed by atoms with van der Waals surface area (Å²) in [5.74, 6) is -1.68. The van der Waals surface area contributed by atoms with Gasteiger partial charge in [0.1, 0.15) is 17.1 Å². The highest BCUT2D eigenvalue weighted by Gasteiger charge is 2.24. The molecule has 0 aromatic heterocycles. The lowest BCUT2D eigenvalue weighted by Gasteiger charge is -2.14. The van der Waals surface area contributed by atoms with Gasteiger partial charge in [0, 0.05) is 25.8 Å². The van der Waals surface area contributed by atoms with E-state index in [0.717, 1.165) is 12.1 Å². The summed E-state index contributed by atoms with van der Waals surface area (Å²) in [6.07, 6.45) is 0.526. The number of methoxy groups -OCH3 is 1. The summed E-state index contributed by atoms with van der Waals surface area (Å²) >= 11 is 0. The van der Waals surface area contributed by atoms with E-state index in [1.165, 1.54) is 7.11 Å². The summed E-state index contributed by atoms with van der Waals surface area (Å²) in [7, 11) is 1.52. The fourth-order valence-corrected chi connectivity index (χ4v) is 1.63. The standard InChI is InChI=1S/C12H16FN3O4/c1-7(5-6-20-2)15-12(17)10-8(13)3-4-9(11(10)14)16(18)19/h3-4,7H,5-6,14H2,1-2H3,(H,15,17). The number of anilines is 1. The molecular weight excluding hydrogens is 269 g/mol. The molecule has 0 spiro atoms. The maximum absolute atomic E-state index is 13.7. The van der Waals surface area contributed by atoms with Crippen molar-refractivity contribution in [1.29, 1.82) is 0 Å². The highest BCUT2D eigenvalue weighted by atomic mass is 19.1. The molecule has 0 aliphatic rings. The van der Waals surface area contributed by atoms with Gasteiger partial charge in [0.15, 0.2) is 0 Å². The maximum atomic E-state index is 13.7. The molecule has 8 heteroatoms. The molecule has 3 N–H and O–H groups in total. The maximum Gasteiger partial charge on any atom is 0.293 e. The first-order valence-electron chi connectivity index (χ1n) is 5.90. The minimum atomic E-state index is -0.899. The highest BCUT2D eigenvalue weighted by molar-refractivity contribution is 6.01. The molecule has 0 radical (unpaired) electrons. The molecular formula is C12H16FN3O4. The first kappa shape index (κ1) is 15.8. The van der Waals surface area contributed by atoms with Crippen LogP contribution in [0.4, 0.5) is 15.8 Å². The number of nitrogens with zero attached hydrogens (tertiary/aromatic N) is 1. The Balaban J connectivity index is 2.98. The van der Waals surface area contributed by atoms with Crippen LogP contribution in [0.15, 0.2) is 12.1 Å². The molecule has 1 aromatic carbocycles. The van der Waals surface area contributed by atoms with Gasteiger partial charge in [-0.3, -0.25) is 14.9 Å². The number of hydrogen-bond acceptors (Lipinski definition) is 5. The summed E-state index contributed by atoms with van der Waals surface area (Å²) in [6, 6.07) is 1.50. The van der Waals surface area contributed by atoms with Crippen molar-refractivity contribution in [2.75, 3.05) is 19.5 Å². The Kier molecular flexibility index (Phi) is 5.39. The molecule has 1 aromatic rings. The number of nitrogens with one attached hydrogen (secondary N) is 1. The van der Waals surface area contributed by atoms with E-state index in [1.54, 1.807) is 6.92 Å². The lowest BCUT2D eigenvalue weighted by atomic mass is 10.1. The number of carbonyl (C=O) groups excluding carboxylic acids is 1. The van der Waals surface area contributed by atoms with Crippen molar-refractivity contribution >= 4 is 17.3 Å². The molecule has 1 rings (SSSR count). The van der Waals surface area contributed by atoms with Crippen molar-refractivity contribution in [3.05, 3.63) is 33.6 Å². The zero-order chi connectivity index (χ0) is 15.3. The van der Waals surface area contributed by atoms with Crippen LogP contribution in [0.2, 0.25) is 0 Å². The smallest absolute Gasteiger partial charge is 0.293 e. The van der Waals surface area contributed by atoms with Crippen molar-refractivity contribution in [1.82, 2.24) is 5.32 Å². The number of amides is 1. The zero-order valence-corrected chi connectivity index (χ0v) is 11.2. The Morgan fingerprint density at radius 2 is 2.25 bits per heavy atom. The summed E-state index contributed by atoms with van der Waals surface area (Å²) in [5.41, 5.74) is 4.00. The lowest BCUT2D eigenvalue weighted by molar-refractivity contribution is -0.384. The molecule has 7 nitrogen and oxygen atoms in total. The monoisotopic (exact) mass is 285 g/mol. The Labute approximate surface area is 115 Å². The van der Waals surface area contributed by atoms with E-state index in [2.05, 4.69) is 5.32 Å². The minimum absolute atomic E-state index is 0.277. The summed E-state index contributed by atoms with van der Waals surface area (Å²) in [5, 5.41) is 13.2. The fraction of sp³-hybridized carbons (Fsp3) is 0.417. The van der Waals surface area contributed by atoms with Gasteiger partial charge in [-0.05, 0) is 19.4 Å². The van der Waals surface area contributed by atoms with Crippen molar-refractivity contribution in [2.24, 2.45) is 0 Å². The van der Waals surface area contributed by atoms with E-state index < -0.39 is 33.6 Å². The topological polar surface area (TPSA) is 107 Å². The van der Waals surface area contributed by atoms with Gasteiger partial charge in [0.2, 0.25) is 0 Å². The van der Waals surface area contributed by atoms with Crippen LogP contribution < -0.4 is 11.1 Å². The molecule has 0 saturated carbocycles. The third-order valence-corrected chi connectivity index (χ3v) is 2.73. The number of nitrogen functional groups attached to an aromatic ring is 1. The molecule has 0 fully saturated rings. The van der Waals surface area contributed by atoms with Crippen LogP contribution in [-0.4, -0.2) is 30.6 Å². The zero-order valence-electron chi connectivity index (χ0n) is 11.2. The van der Waals surface area contributed by atoms with Crippen LogP contribution in [-0.2, 0) is 4.74 Å². The van der Waals surface area contributed by atoms with Crippen LogP contribution >= 0.6 is 0 Å². The number of ether oxygens (including phenoxy) is 1. The molecule has 0 saturated heterocycles. The van der Waals surface area contributed by atoms with Gasteiger partial charge in [-0.25, -0.2) is 4.39 Å². The fourth-order valence-electron chi connectivity index (χ4n) is 1.63. The van der Waals surface area contributed by atoms with Crippen LogP contribution in [0.25, 0.3) is 0 Å². The number of benzene rings is 1. The molecule has 1 amide bonds. The average Bonchev–Trinajstić information content (AvgIpc) is 2.35. The van der Waals surface area contributed by atoms with Crippen LogP contribution in [0.1, 0.15) is 23.7 Å². The van der Waals surface area contributed by atoms with Crippen LogP contribution in [0, 0.1) is 15.9 Å². The van der Waals surface area contributed by atoms with E-state index in [9.17, 15) is 19.3 Å². The second-order valence-electron chi connectivity index (χ2n) is 4.27. The lowest BCUT2D eigenvalue weighted by Crippen LogP contribution is -2.34. The third kappa shape index (κ3) is 3.64. The van der Waals surface area contributed by atoms with E-state index in [4.69, 9.17) is 10.5 Å². The summed E-state index contributed by atoms with van der Waals surface area (Å²) < 4.78 is 18.5. The number of hydrogen-bond donors (Lipinski definition) is 2. The first-order chi connectivity index (χ1) is 9.38. The second kappa shape index (κ2) is 6.80. The number of nitrogens with two attached hydrogens (primary N) is 1. The van der Waals surface area contributed by atoms with Gasteiger partial charge in [0.05, 0.1) is 4.92 Å². The van der Waals surface area contributed by atoms with Gasteiger partial charge < -0.3 is 15.8 Å². The van der Waals surface area contributed by atoms with E-state index in [-0.39, 0.29) is 6.04 Å². The molecule has 1 atom stereocenters. The quantitative estimate of drug-likeness (QED) is 0.467. The molecule has 20 heavy (non-hydrogen) atoms. The summed E-state index contributed by atoms with van der Waals surface area (Å²) in [6.45, 7) is 2.14. The van der Waals surface area contributed by atoms with Gasteiger partial charge in [-0.2, -0.15) is 0 Å². The van der Waals surface area contributed by atoms with Crippen LogP contribution in [0.3, 0.4) is 0 Å². The Morgan fingerprint density at radius 1 is 1.60 bits per heavy atom. The molecule has 0 bridgehead atoms. The minimum Gasteiger partial charge on any atom is -0.392 e. The predicted molar refractivity (Wildman–Crippen MR) is 70.9 cm³/mol. The molecule has 0 heterocycles. The van der Waals surface area contributed by atoms with E-state index >= 15 is 0 Å². The molecule has 1 unspecified atom stereocenters. The van der Waals surface area contributed by atoms with Crippen molar-refractivity contribution in [3.8, 4) is 0 Å². The molecule has 0 aliphatic carbocycles. The summed E-state index contributed by atoms with van der Waals surface area (Å²) in [4.78, 5) is 21.9. The van der Waals surface area contributed by atoms with Crippen LogP contribution in [0.5, 0.6) is 0 Å². The van der Waals surface area contributed by atoms with Gasteiger partial charge in [-0.1, -0.05) is 0 Å². The number of halogens is 1. The SMILES string of the molecule is COCCC(C)NC(=O)c1c(F)ccc([N+](=O)[O-])c1N. The Hall–Kier alpha value is -2.22. The molecule has 110 valence electrons. The van der Waals surface area contributed by atoms with Gasteiger partial charge in [-0.15, -0.1) is 0 Å². The van der Waals surface area contributed by atoms with Crippen molar-refractivity contribution < 1.29 is 18.8 Å². The van der Waals surface area contributed by atoms with Gasteiger partial charge >= 0.3 is 0 Å². The predicted octanol–water partition coefficient (Wildman–Crippen LogP) is 1.47. The molecule has 0 aliphatic heterocycles. The highest BCUT2D eigenvalue weighted by Crippen LogP contribution is 2.27. The van der Waals surface area contributed by atoms with Crippen molar-refractivity contribution in [2.45, 2.75) is 19.4 Å². The third-order valence-electron chi connectivity index (χ3n) is 2.73. The normalized spacial score (nSPS) is 11.9. The van der Waals surface area contributed by atoms with E-state index in [0.29, 0.717) is 13.0 Å². The van der Waals surface area contributed by atoms with E-state index in [1.807, 2.05) is 0 Å². The number of nitro groups is 1. The van der Waals surface area contributed by atoms with Gasteiger partial charge in [0.25, 0.3) is 11.6 Å². The Morgan fingerprint density at radius 3 is 2.80 bits per heavy atom. The second-order valence-corrected chi connectivity index (χ2v) is 4.27. The number of nitro benzene ring substituents is 1. The number of rotatable bonds is 6. The first-order valence-corrected chi connectivity index (χ1v) is 5.90. The average molecular weight is 285 g/mol. The van der Waals surface area contributed by atoms with Crippen molar-refractivity contribution in [3.63, 3.8) is 0 Å². The largest absolute Gasteiger partial charge is 0.392 e.